The van der Waals surface area contributed by atoms with Gasteiger partial charge in [-0.3, -0.25) is 9.88 Å². The fraction of sp³-hybridized carbons (Fsp3) is 0.667. The monoisotopic (exact) mass is 245 g/mol. The minimum absolute atomic E-state index is 0.455. The number of likely N-dealkylation sites (tertiary alicyclic amines) is 1. The van der Waals surface area contributed by atoms with Crippen LogP contribution < -0.4 is 5.73 Å². The van der Waals surface area contributed by atoms with E-state index < -0.39 is 0 Å². The van der Waals surface area contributed by atoms with E-state index in [0.717, 1.165) is 12.6 Å². The first-order chi connectivity index (χ1) is 8.79. The van der Waals surface area contributed by atoms with Crippen LogP contribution in [-0.2, 0) is 0 Å². The summed E-state index contributed by atoms with van der Waals surface area (Å²) in [5, 5.41) is 0. The Hall–Kier alpha value is -0.930. The van der Waals surface area contributed by atoms with E-state index in [4.69, 9.17) is 5.73 Å². The zero-order valence-corrected chi connectivity index (χ0v) is 11.2. The van der Waals surface area contributed by atoms with Gasteiger partial charge in [0.1, 0.15) is 0 Å². The number of aromatic nitrogens is 1. The number of hydrogen-bond donors (Lipinski definition) is 1. The molecule has 2 atom stereocenters. The first-order valence-electron chi connectivity index (χ1n) is 7.18. The van der Waals surface area contributed by atoms with Gasteiger partial charge in [-0.1, -0.05) is 6.07 Å². The first-order valence-corrected chi connectivity index (χ1v) is 7.18. The molecule has 2 N–H and O–H groups in total. The number of rotatable bonds is 3. The van der Waals surface area contributed by atoms with Gasteiger partial charge in [-0.2, -0.15) is 0 Å². The highest BCUT2D eigenvalue weighted by Crippen LogP contribution is 2.41. The van der Waals surface area contributed by atoms with E-state index >= 15 is 0 Å². The van der Waals surface area contributed by atoms with Crippen LogP contribution in [0.2, 0.25) is 0 Å². The van der Waals surface area contributed by atoms with E-state index in [1.807, 2.05) is 6.20 Å². The molecule has 2 aliphatic rings. The molecule has 0 radical (unpaired) electrons. The van der Waals surface area contributed by atoms with Gasteiger partial charge >= 0.3 is 0 Å². The van der Waals surface area contributed by atoms with Crippen molar-refractivity contribution in [3.8, 4) is 0 Å². The largest absolute Gasteiger partial charge is 0.330 e. The lowest BCUT2D eigenvalue weighted by atomic mass is 9.86. The van der Waals surface area contributed by atoms with Gasteiger partial charge in [0.2, 0.25) is 0 Å². The Kier molecular flexibility index (Phi) is 3.35. The number of nitrogens with zero attached hydrogens (tertiary/aromatic N) is 2. The summed E-state index contributed by atoms with van der Waals surface area (Å²) in [6.07, 6.45) is 7.25. The lowest BCUT2D eigenvalue weighted by Gasteiger charge is -2.41. The molecule has 2 heterocycles. The number of piperidine rings is 1. The molecule has 1 saturated carbocycles. The van der Waals surface area contributed by atoms with E-state index in [1.54, 1.807) is 0 Å². The maximum atomic E-state index is 5.99. The molecule has 1 aromatic rings. The number of hydrogen-bond acceptors (Lipinski definition) is 3. The standard InChI is InChI=1S/C15H23N3/c1-11-4-7-14(17-10-11)15-12(9-16)3-2-8-18(15)13-5-6-13/h4,7,10,12-13,15H,2-3,5-6,8-9,16H2,1H3. The quantitative estimate of drug-likeness (QED) is 0.888. The van der Waals surface area contributed by atoms with Crippen molar-refractivity contribution < 1.29 is 0 Å². The Balaban J connectivity index is 1.89. The first kappa shape index (κ1) is 12.1. The molecule has 18 heavy (non-hydrogen) atoms. The predicted molar refractivity (Wildman–Crippen MR) is 73.2 cm³/mol. The van der Waals surface area contributed by atoms with Crippen LogP contribution in [0.5, 0.6) is 0 Å². The van der Waals surface area contributed by atoms with Gasteiger partial charge in [0, 0.05) is 12.2 Å². The molecule has 0 aromatic carbocycles. The fourth-order valence-corrected chi connectivity index (χ4v) is 3.23. The van der Waals surface area contributed by atoms with E-state index in [-0.39, 0.29) is 0 Å². The van der Waals surface area contributed by atoms with E-state index in [1.165, 1.54) is 43.5 Å². The highest BCUT2D eigenvalue weighted by atomic mass is 15.2. The van der Waals surface area contributed by atoms with Crippen LogP contribution in [0.4, 0.5) is 0 Å². The van der Waals surface area contributed by atoms with Crippen LogP contribution in [-0.4, -0.2) is 29.0 Å². The average Bonchev–Trinajstić information content (AvgIpc) is 3.23. The van der Waals surface area contributed by atoms with Crippen molar-refractivity contribution in [3.63, 3.8) is 0 Å². The van der Waals surface area contributed by atoms with Crippen molar-refractivity contribution in [3.05, 3.63) is 29.6 Å². The zero-order chi connectivity index (χ0) is 12.5. The molecule has 3 heteroatoms. The van der Waals surface area contributed by atoms with Crippen LogP contribution >= 0.6 is 0 Å². The van der Waals surface area contributed by atoms with Gasteiger partial charge < -0.3 is 5.73 Å². The summed E-state index contributed by atoms with van der Waals surface area (Å²) in [5.41, 5.74) is 8.45. The van der Waals surface area contributed by atoms with Crippen molar-refractivity contribution in [2.24, 2.45) is 11.7 Å². The lowest BCUT2D eigenvalue weighted by molar-refractivity contribution is 0.0850. The maximum absolute atomic E-state index is 5.99. The molecular formula is C15H23N3. The van der Waals surface area contributed by atoms with Crippen LogP contribution in [0, 0.1) is 12.8 Å². The molecule has 98 valence electrons. The summed E-state index contributed by atoms with van der Waals surface area (Å²) in [4.78, 5) is 7.33. The Bertz CT molecular complexity index is 397. The minimum atomic E-state index is 0.455. The maximum Gasteiger partial charge on any atom is 0.0579 e. The summed E-state index contributed by atoms with van der Waals surface area (Å²) < 4.78 is 0. The second kappa shape index (κ2) is 4.98. The van der Waals surface area contributed by atoms with E-state index in [0.29, 0.717) is 12.0 Å². The van der Waals surface area contributed by atoms with Crippen molar-refractivity contribution in [1.29, 1.82) is 0 Å². The Morgan fingerprint density at radius 2 is 2.17 bits per heavy atom. The summed E-state index contributed by atoms with van der Waals surface area (Å²) in [6.45, 7) is 4.10. The zero-order valence-electron chi connectivity index (χ0n) is 11.2. The van der Waals surface area contributed by atoms with Gasteiger partial charge in [0.25, 0.3) is 0 Å². The molecule has 2 fully saturated rings. The lowest BCUT2D eigenvalue weighted by Crippen LogP contribution is -2.43. The highest BCUT2D eigenvalue weighted by Gasteiger charge is 2.40. The number of aryl methyl sites for hydroxylation is 1. The molecule has 1 saturated heterocycles. The minimum Gasteiger partial charge on any atom is -0.330 e. The summed E-state index contributed by atoms with van der Waals surface area (Å²) >= 11 is 0. The number of nitrogens with two attached hydrogens (primary N) is 1. The fourth-order valence-electron chi connectivity index (χ4n) is 3.23. The third-order valence-electron chi connectivity index (χ3n) is 4.35. The van der Waals surface area contributed by atoms with Crippen molar-refractivity contribution in [2.45, 2.75) is 44.7 Å². The molecule has 0 amide bonds. The Morgan fingerprint density at radius 3 is 2.78 bits per heavy atom. The molecule has 3 nitrogen and oxygen atoms in total. The van der Waals surface area contributed by atoms with Gasteiger partial charge in [0.15, 0.2) is 0 Å². The molecule has 2 unspecified atom stereocenters. The van der Waals surface area contributed by atoms with Crippen molar-refractivity contribution >= 4 is 0 Å². The molecule has 1 aliphatic carbocycles. The summed E-state index contributed by atoms with van der Waals surface area (Å²) in [6, 6.07) is 5.63. The number of pyridine rings is 1. The van der Waals surface area contributed by atoms with Gasteiger partial charge in [0.05, 0.1) is 11.7 Å². The molecular weight excluding hydrogens is 222 g/mol. The Morgan fingerprint density at radius 1 is 1.33 bits per heavy atom. The van der Waals surface area contributed by atoms with Crippen LogP contribution in [0.1, 0.15) is 43.0 Å². The van der Waals surface area contributed by atoms with Gasteiger partial charge in [-0.15, -0.1) is 0 Å². The second-order valence-electron chi connectivity index (χ2n) is 5.81. The summed E-state index contributed by atoms with van der Waals surface area (Å²) in [7, 11) is 0. The van der Waals surface area contributed by atoms with Crippen LogP contribution in [0.15, 0.2) is 18.3 Å². The van der Waals surface area contributed by atoms with E-state index in [9.17, 15) is 0 Å². The average molecular weight is 245 g/mol. The third kappa shape index (κ3) is 2.29. The van der Waals surface area contributed by atoms with Crippen LogP contribution in [0.3, 0.4) is 0 Å². The van der Waals surface area contributed by atoms with E-state index in [2.05, 4.69) is 28.9 Å². The van der Waals surface area contributed by atoms with Gasteiger partial charge in [-0.25, -0.2) is 0 Å². The second-order valence-corrected chi connectivity index (χ2v) is 5.81. The smallest absolute Gasteiger partial charge is 0.0579 e. The molecule has 0 bridgehead atoms. The third-order valence-corrected chi connectivity index (χ3v) is 4.35. The summed E-state index contributed by atoms with van der Waals surface area (Å²) in [5.74, 6) is 0.578. The molecule has 1 aliphatic heterocycles. The predicted octanol–water partition coefficient (Wildman–Crippen LogP) is 2.26. The van der Waals surface area contributed by atoms with Crippen molar-refractivity contribution in [1.82, 2.24) is 9.88 Å². The molecule has 1 aromatic heterocycles. The van der Waals surface area contributed by atoms with Gasteiger partial charge in [-0.05, 0) is 63.2 Å². The van der Waals surface area contributed by atoms with Crippen molar-refractivity contribution in [2.75, 3.05) is 13.1 Å². The topological polar surface area (TPSA) is 42.1 Å². The Labute approximate surface area is 109 Å². The SMILES string of the molecule is Cc1ccc(C2C(CN)CCCN2C2CC2)nc1. The molecule has 3 rings (SSSR count). The normalized spacial score (nSPS) is 29.4. The highest BCUT2D eigenvalue weighted by molar-refractivity contribution is 5.17. The van der Waals surface area contributed by atoms with Crippen LogP contribution in [0.25, 0.3) is 0 Å². The molecule has 0 spiro atoms.